The number of aliphatic hydroxyl groups excluding tert-OH is 1. The van der Waals surface area contributed by atoms with Gasteiger partial charge in [0.2, 0.25) is 0 Å². The normalized spacial score (nSPS) is 11.3. The van der Waals surface area contributed by atoms with E-state index in [0.717, 1.165) is 0 Å². The Hall–Kier alpha value is -1.03. The van der Waals surface area contributed by atoms with E-state index in [9.17, 15) is 4.79 Å². The molecule has 0 aliphatic carbocycles. The third kappa shape index (κ3) is 5.42. The topological polar surface area (TPSA) is 66.8 Å². The van der Waals surface area contributed by atoms with Crippen molar-refractivity contribution < 1.29 is 19.7 Å². The van der Waals surface area contributed by atoms with Gasteiger partial charge in [0.15, 0.2) is 0 Å². The van der Waals surface area contributed by atoms with Gasteiger partial charge < -0.3 is 14.9 Å². The van der Waals surface area contributed by atoms with Gasteiger partial charge in [0.1, 0.15) is 0 Å². The van der Waals surface area contributed by atoms with E-state index in [1.54, 1.807) is 0 Å². The minimum absolute atomic E-state index is 0.0555. The van der Waals surface area contributed by atoms with Crippen molar-refractivity contribution in [3.8, 4) is 0 Å². The summed E-state index contributed by atoms with van der Waals surface area (Å²) in [7, 11) is 0. The van der Waals surface area contributed by atoms with Crippen molar-refractivity contribution in [1.29, 1.82) is 0 Å². The molecule has 0 heterocycles. The minimum Gasteiger partial charge on any atom is -0.501 e. The van der Waals surface area contributed by atoms with Gasteiger partial charge in [-0.3, -0.25) is 0 Å². The molecule has 0 rings (SSSR count). The zero-order chi connectivity index (χ0) is 8.69. The summed E-state index contributed by atoms with van der Waals surface area (Å²) in [6.45, 7) is 1.85. The fraction of sp³-hybridized carbons (Fsp3) is 0.571. The van der Waals surface area contributed by atoms with E-state index in [4.69, 9.17) is 14.9 Å². The molecule has 0 aliphatic rings. The molecule has 64 valence electrons. The van der Waals surface area contributed by atoms with Crippen LogP contribution in [0, 0.1) is 0 Å². The number of hydrogen-bond donors (Lipinski definition) is 2. The van der Waals surface area contributed by atoms with Crippen LogP contribution in [-0.4, -0.2) is 29.4 Å². The fourth-order valence-corrected chi connectivity index (χ4v) is 0.382. The average molecular weight is 160 g/mol. The lowest BCUT2D eigenvalue weighted by Gasteiger charge is -1.98. The van der Waals surface area contributed by atoms with Crippen LogP contribution in [0.4, 0.5) is 0 Å². The highest BCUT2D eigenvalue weighted by Crippen LogP contribution is 1.93. The zero-order valence-corrected chi connectivity index (χ0v) is 6.41. The molecule has 0 unspecified atom stereocenters. The molecule has 2 N–H and O–H groups in total. The zero-order valence-electron chi connectivity index (χ0n) is 6.41. The summed E-state index contributed by atoms with van der Waals surface area (Å²) in [5.41, 5.74) is 0.155. The maximum absolute atomic E-state index is 10.2. The molecule has 4 heteroatoms. The number of carboxylic acid groups (broad SMARTS) is 1. The van der Waals surface area contributed by atoms with Gasteiger partial charge in [-0.25, -0.2) is 4.79 Å². The lowest BCUT2D eigenvalue weighted by molar-refractivity contribution is -0.132. The van der Waals surface area contributed by atoms with Gasteiger partial charge in [0.05, 0.1) is 18.4 Å². The predicted molar refractivity (Wildman–Crippen MR) is 39.0 cm³/mol. The Balaban J connectivity index is 3.48. The molecule has 0 saturated carbocycles. The lowest BCUT2D eigenvalue weighted by Crippen LogP contribution is -1.98. The van der Waals surface area contributed by atoms with Gasteiger partial charge in [0.25, 0.3) is 0 Å². The number of hydrogen-bond acceptors (Lipinski definition) is 3. The standard InChI is InChI=1S/C7H12O4/c1-6(7(9)10)5-11-4-2-3-8/h5,8H,2-4H2,1H3,(H,9,10). The Morgan fingerprint density at radius 3 is 2.73 bits per heavy atom. The molecule has 11 heavy (non-hydrogen) atoms. The Morgan fingerprint density at radius 1 is 1.64 bits per heavy atom. The van der Waals surface area contributed by atoms with Crippen molar-refractivity contribution in [1.82, 2.24) is 0 Å². The lowest BCUT2D eigenvalue weighted by atomic mass is 10.3. The van der Waals surface area contributed by atoms with Gasteiger partial charge in [-0.15, -0.1) is 0 Å². The van der Waals surface area contributed by atoms with Gasteiger partial charge in [-0.05, 0) is 6.92 Å². The van der Waals surface area contributed by atoms with Crippen molar-refractivity contribution in [2.75, 3.05) is 13.2 Å². The Bertz CT molecular complexity index is 151. The fourth-order valence-electron chi connectivity index (χ4n) is 0.382. The summed E-state index contributed by atoms with van der Waals surface area (Å²) in [6.07, 6.45) is 1.70. The first-order valence-electron chi connectivity index (χ1n) is 3.31. The van der Waals surface area contributed by atoms with Crippen molar-refractivity contribution in [3.63, 3.8) is 0 Å². The molecule has 0 bridgehead atoms. The third-order valence-electron chi connectivity index (χ3n) is 1.02. The van der Waals surface area contributed by atoms with Crippen LogP contribution in [0.25, 0.3) is 0 Å². The monoisotopic (exact) mass is 160 g/mol. The van der Waals surface area contributed by atoms with Gasteiger partial charge >= 0.3 is 5.97 Å². The second-order valence-corrected chi connectivity index (χ2v) is 2.05. The van der Waals surface area contributed by atoms with E-state index >= 15 is 0 Å². The largest absolute Gasteiger partial charge is 0.501 e. The third-order valence-corrected chi connectivity index (χ3v) is 1.02. The molecule has 0 saturated heterocycles. The quantitative estimate of drug-likeness (QED) is 0.346. The molecule has 0 spiro atoms. The molecular weight excluding hydrogens is 148 g/mol. The Morgan fingerprint density at radius 2 is 2.27 bits per heavy atom. The minimum atomic E-state index is -0.992. The van der Waals surface area contributed by atoms with Crippen LogP contribution in [0.1, 0.15) is 13.3 Å². The molecule has 0 amide bonds. The molecule has 0 radical (unpaired) electrons. The molecule has 0 aromatic carbocycles. The number of carboxylic acids is 1. The molecule has 0 fully saturated rings. The number of aliphatic carboxylic acids is 1. The summed E-state index contributed by atoms with van der Waals surface area (Å²) in [5, 5.41) is 16.7. The van der Waals surface area contributed by atoms with Crippen LogP contribution in [0.3, 0.4) is 0 Å². The maximum Gasteiger partial charge on any atom is 0.334 e. The first-order chi connectivity index (χ1) is 5.18. The molecule has 0 atom stereocenters. The van der Waals surface area contributed by atoms with Gasteiger partial charge in [0, 0.05) is 13.0 Å². The molecule has 0 aromatic rings. The van der Waals surface area contributed by atoms with Crippen LogP contribution < -0.4 is 0 Å². The van der Waals surface area contributed by atoms with E-state index in [-0.39, 0.29) is 12.2 Å². The molecule has 4 nitrogen and oxygen atoms in total. The first-order valence-corrected chi connectivity index (χ1v) is 3.31. The SMILES string of the molecule is CC(=COCCCO)C(=O)O. The smallest absolute Gasteiger partial charge is 0.334 e. The molecule has 0 aromatic heterocycles. The second kappa shape index (κ2) is 5.73. The van der Waals surface area contributed by atoms with Gasteiger partial charge in [-0.1, -0.05) is 0 Å². The molecular formula is C7H12O4. The highest BCUT2D eigenvalue weighted by Gasteiger charge is 1.97. The van der Waals surface area contributed by atoms with Crippen molar-refractivity contribution in [2.24, 2.45) is 0 Å². The maximum atomic E-state index is 10.2. The van der Waals surface area contributed by atoms with Crippen LogP contribution in [0.5, 0.6) is 0 Å². The number of carbonyl (C=O) groups is 1. The Labute approximate surface area is 65.1 Å². The number of ether oxygens (including phenoxy) is 1. The highest BCUT2D eigenvalue weighted by atomic mass is 16.5. The van der Waals surface area contributed by atoms with Crippen LogP contribution in [0.15, 0.2) is 11.8 Å². The van der Waals surface area contributed by atoms with Crippen molar-refractivity contribution in [2.45, 2.75) is 13.3 Å². The summed E-state index contributed by atoms with van der Waals surface area (Å²) in [6, 6.07) is 0. The van der Waals surface area contributed by atoms with Crippen LogP contribution in [0.2, 0.25) is 0 Å². The van der Waals surface area contributed by atoms with E-state index in [1.165, 1.54) is 13.2 Å². The van der Waals surface area contributed by atoms with E-state index < -0.39 is 5.97 Å². The van der Waals surface area contributed by atoms with Gasteiger partial charge in [-0.2, -0.15) is 0 Å². The summed E-state index contributed by atoms with van der Waals surface area (Å²) in [5.74, 6) is -0.992. The Kier molecular flexibility index (Phi) is 5.20. The van der Waals surface area contributed by atoms with Crippen LogP contribution >= 0.6 is 0 Å². The second-order valence-electron chi connectivity index (χ2n) is 2.05. The number of aliphatic hydroxyl groups is 1. The van der Waals surface area contributed by atoms with Crippen LogP contribution in [-0.2, 0) is 9.53 Å². The predicted octanol–water partition coefficient (Wildman–Crippen LogP) is 0.374. The van der Waals surface area contributed by atoms with E-state index in [1.807, 2.05) is 0 Å². The summed E-state index contributed by atoms with van der Waals surface area (Å²) in [4.78, 5) is 10.2. The molecule has 0 aliphatic heterocycles. The first kappa shape index (κ1) is 9.97. The van der Waals surface area contributed by atoms with Crippen molar-refractivity contribution in [3.05, 3.63) is 11.8 Å². The number of rotatable bonds is 5. The highest BCUT2D eigenvalue weighted by molar-refractivity contribution is 5.85. The average Bonchev–Trinajstić information content (AvgIpc) is 1.97. The van der Waals surface area contributed by atoms with E-state index in [0.29, 0.717) is 13.0 Å². The van der Waals surface area contributed by atoms with E-state index in [2.05, 4.69) is 0 Å². The van der Waals surface area contributed by atoms with Crippen molar-refractivity contribution >= 4 is 5.97 Å². The summed E-state index contributed by atoms with van der Waals surface area (Å²) >= 11 is 0. The summed E-state index contributed by atoms with van der Waals surface area (Å²) < 4.78 is 4.79.